The van der Waals surface area contributed by atoms with E-state index in [2.05, 4.69) is 11.9 Å². The monoisotopic (exact) mass is 445 g/mol. The number of hydrogen-bond acceptors (Lipinski definition) is 5. The number of amides is 1. The Morgan fingerprint density at radius 3 is 2.90 bits per heavy atom. The van der Waals surface area contributed by atoms with E-state index in [4.69, 9.17) is 16.6 Å². The third-order valence-corrected chi connectivity index (χ3v) is 7.25. The number of allylic oxidation sites excluding steroid dienone is 1. The van der Waals surface area contributed by atoms with Gasteiger partial charge in [0.1, 0.15) is 4.83 Å². The average molecular weight is 446 g/mol. The van der Waals surface area contributed by atoms with Gasteiger partial charge in [-0.25, -0.2) is 4.98 Å². The summed E-state index contributed by atoms with van der Waals surface area (Å²) in [6, 6.07) is 7.35. The highest BCUT2D eigenvalue weighted by Crippen LogP contribution is 2.35. The number of hydrogen-bond donors (Lipinski definition) is 1. The number of aromatic nitrogens is 2. The molecule has 2 aromatic heterocycles. The zero-order valence-corrected chi connectivity index (χ0v) is 18.1. The van der Waals surface area contributed by atoms with Crippen LogP contribution in [0.15, 0.2) is 46.9 Å². The number of rotatable bonds is 7. The Bertz CT molecular complexity index is 1140. The van der Waals surface area contributed by atoms with Crippen molar-refractivity contribution < 1.29 is 4.79 Å². The molecule has 0 radical (unpaired) electrons. The Morgan fingerprint density at radius 2 is 2.14 bits per heavy atom. The molecule has 0 bridgehead atoms. The summed E-state index contributed by atoms with van der Waals surface area (Å²) in [6.45, 7) is 4.57. The quantitative estimate of drug-likeness (QED) is 0.336. The van der Waals surface area contributed by atoms with E-state index in [-0.39, 0.29) is 17.2 Å². The second kappa shape index (κ2) is 8.73. The molecule has 2 heterocycles. The molecule has 0 saturated carbocycles. The number of aryl methyl sites for hydroxylation is 2. The molecule has 0 saturated heterocycles. The van der Waals surface area contributed by atoms with Crippen LogP contribution in [-0.4, -0.2) is 21.2 Å². The van der Waals surface area contributed by atoms with E-state index in [9.17, 15) is 9.59 Å². The van der Waals surface area contributed by atoms with Crippen LogP contribution in [0.3, 0.4) is 0 Å². The summed E-state index contributed by atoms with van der Waals surface area (Å²) in [5.74, 6) is 0.0754. The van der Waals surface area contributed by atoms with Gasteiger partial charge >= 0.3 is 0 Å². The second-order valence-electron chi connectivity index (χ2n) is 6.83. The average Bonchev–Trinajstić information content (AvgIpc) is 3.29. The minimum Gasteiger partial charge on any atom is -0.351 e. The SMILES string of the molecule is C=CCn1c(SCC(=O)NCc2ccc(Cl)cc2)nc2sc3c(c2c1=O)CCC3. The molecule has 0 aliphatic heterocycles. The van der Waals surface area contributed by atoms with E-state index in [0.29, 0.717) is 23.3 Å². The molecule has 0 atom stereocenters. The minimum atomic E-state index is -0.113. The third-order valence-electron chi connectivity index (χ3n) is 4.84. The molecular formula is C21H20ClN3O2S2. The van der Waals surface area contributed by atoms with Crippen molar-refractivity contribution in [2.24, 2.45) is 0 Å². The lowest BCUT2D eigenvalue weighted by Crippen LogP contribution is -2.26. The van der Waals surface area contributed by atoms with E-state index in [0.717, 1.165) is 40.6 Å². The number of nitrogens with one attached hydrogen (secondary N) is 1. The van der Waals surface area contributed by atoms with Crippen molar-refractivity contribution in [3.05, 3.63) is 68.3 Å². The zero-order valence-electron chi connectivity index (χ0n) is 15.7. The first-order chi connectivity index (χ1) is 14.1. The van der Waals surface area contributed by atoms with E-state index in [1.807, 2.05) is 12.1 Å². The first-order valence-corrected chi connectivity index (χ1v) is 11.5. The normalized spacial score (nSPS) is 12.9. The van der Waals surface area contributed by atoms with Crippen molar-refractivity contribution in [2.75, 3.05) is 5.75 Å². The van der Waals surface area contributed by atoms with Crippen molar-refractivity contribution in [3.8, 4) is 0 Å². The van der Waals surface area contributed by atoms with Gasteiger partial charge < -0.3 is 5.32 Å². The largest absolute Gasteiger partial charge is 0.351 e. The van der Waals surface area contributed by atoms with Crippen molar-refractivity contribution in [2.45, 2.75) is 37.5 Å². The molecule has 29 heavy (non-hydrogen) atoms. The molecule has 1 N–H and O–H groups in total. The van der Waals surface area contributed by atoms with Gasteiger partial charge in [-0.2, -0.15) is 0 Å². The summed E-state index contributed by atoms with van der Waals surface area (Å²) < 4.78 is 1.62. The van der Waals surface area contributed by atoms with Gasteiger partial charge in [0.2, 0.25) is 5.91 Å². The maximum atomic E-state index is 13.1. The molecule has 3 aromatic rings. The molecular weight excluding hydrogens is 426 g/mol. The lowest BCUT2D eigenvalue weighted by atomic mass is 10.2. The number of carbonyl (C=O) groups is 1. The van der Waals surface area contributed by atoms with Gasteiger partial charge in [0.15, 0.2) is 5.16 Å². The Morgan fingerprint density at radius 1 is 1.34 bits per heavy atom. The predicted molar refractivity (Wildman–Crippen MR) is 120 cm³/mol. The molecule has 1 aliphatic rings. The molecule has 0 unspecified atom stereocenters. The molecule has 8 heteroatoms. The number of fused-ring (bicyclic) bond motifs is 3. The molecule has 0 spiro atoms. The second-order valence-corrected chi connectivity index (χ2v) is 9.29. The Labute approximate surface area is 181 Å². The van der Waals surface area contributed by atoms with Crippen molar-refractivity contribution >= 4 is 50.8 Å². The predicted octanol–water partition coefficient (Wildman–Crippen LogP) is 4.19. The number of benzene rings is 1. The highest BCUT2D eigenvalue weighted by Gasteiger charge is 2.23. The summed E-state index contributed by atoms with van der Waals surface area (Å²) in [4.78, 5) is 32.2. The van der Waals surface area contributed by atoms with E-state index < -0.39 is 0 Å². The van der Waals surface area contributed by atoms with Gasteiger partial charge in [-0.1, -0.05) is 41.6 Å². The zero-order chi connectivity index (χ0) is 20.4. The summed E-state index contributed by atoms with van der Waals surface area (Å²) in [6.07, 6.45) is 4.75. The molecule has 1 aromatic carbocycles. The third kappa shape index (κ3) is 4.27. The lowest BCUT2D eigenvalue weighted by molar-refractivity contribution is -0.118. The fourth-order valence-electron chi connectivity index (χ4n) is 3.44. The van der Waals surface area contributed by atoms with Gasteiger partial charge in [0.25, 0.3) is 5.56 Å². The van der Waals surface area contributed by atoms with Gasteiger partial charge in [-0.3, -0.25) is 14.2 Å². The van der Waals surface area contributed by atoms with Crippen LogP contribution in [0.25, 0.3) is 10.2 Å². The van der Waals surface area contributed by atoms with Crippen molar-refractivity contribution in [1.82, 2.24) is 14.9 Å². The molecule has 5 nitrogen and oxygen atoms in total. The van der Waals surface area contributed by atoms with Crippen LogP contribution in [0.4, 0.5) is 0 Å². The smallest absolute Gasteiger partial charge is 0.263 e. The molecule has 1 aliphatic carbocycles. The summed E-state index contributed by atoms with van der Waals surface area (Å²) >= 11 is 8.77. The van der Waals surface area contributed by atoms with Crippen molar-refractivity contribution in [1.29, 1.82) is 0 Å². The number of carbonyl (C=O) groups excluding carboxylic acids is 1. The number of halogens is 1. The van der Waals surface area contributed by atoms with Crippen LogP contribution >= 0.6 is 34.7 Å². The van der Waals surface area contributed by atoms with Crippen molar-refractivity contribution in [3.63, 3.8) is 0 Å². The fraction of sp³-hybridized carbons (Fsp3) is 0.286. The van der Waals surface area contributed by atoms with Crippen LogP contribution in [0.1, 0.15) is 22.4 Å². The first-order valence-electron chi connectivity index (χ1n) is 9.36. The molecule has 150 valence electrons. The Balaban J connectivity index is 1.50. The summed E-state index contributed by atoms with van der Waals surface area (Å²) in [5, 5.41) is 4.86. The summed E-state index contributed by atoms with van der Waals surface area (Å²) in [7, 11) is 0. The standard InChI is InChI=1S/C21H20ClN3O2S2/c1-2-10-25-20(27)18-15-4-3-5-16(15)29-19(18)24-21(25)28-12-17(26)23-11-13-6-8-14(22)9-7-13/h2,6-9H,1,3-5,10-12H2,(H,23,26). The first kappa shape index (κ1) is 20.2. The van der Waals surface area contributed by atoms with Crippen LogP contribution in [0, 0.1) is 0 Å². The van der Waals surface area contributed by atoms with E-state index in [1.54, 1.807) is 34.1 Å². The Hall–Kier alpha value is -2.09. The Kier molecular flexibility index (Phi) is 6.08. The minimum absolute atomic E-state index is 0.0293. The molecule has 4 rings (SSSR count). The number of thiophene rings is 1. The lowest BCUT2D eigenvalue weighted by Gasteiger charge is -2.11. The highest BCUT2D eigenvalue weighted by atomic mass is 35.5. The topological polar surface area (TPSA) is 64.0 Å². The van der Waals surface area contributed by atoms with Crippen LogP contribution in [0.5, 0.6) is 0 Å². The van der Waals surface area contributed by atoms with Gasteiger partial charge in [-0.05, 0) is 42.5 Å². The fourth-order valence-corrected chi connectivity index (χ4v) is 5.71. The van der Waals surface area contributed by atoms with E-state index in [1.165, 1.54) is 16.6 Å². The molecule has 0 fully saturated rings. The van der Waals surface area contributed by atoms with Crippen LogP contribution < -0.4 is 10.9 Å². The molecule has 1 amide bonds. The maximum absolute atomic E-state index is 13.1. The highest BCUT2D eigenvalue weighted by molar-refractivity contribution is 7.99. The van der Waals surface area contributed by atoms with Crippen LogP contribution in [0.2, 0.25) is 5.02 Å². The summed E-state index contributed by atoms with van der Waals surface area (Å²) in [5.41, 5.74) is 2.11. The van der Waals surface area contributed by atoms with Gasteiger partial charge in [-0.15, -0.1) is 17.9 Å². The number of nitrogens with zero attached hydrogens (tertiary/aromatic N) is 2. The van der Waals surface area contributed by atoms with Gasteiger partial charge in [0.05, 0.1) is 11.1 Å². The van der Waals surface area contributed by atoms with Gasteiger partial charge in [0, 0.05) is 23.0 Å². The maximum Gasteiger partial charge on any atom is 0.263 e. The van der Waals surface area contributed by atoms with E-state index >= 15 is 0 Å². The number of thioether (sulfide) groups is 1. The van der Waals surface area contributed by atoms with Crippen LogP contribution in [-0.2, 0) is 30.7 Å².